The fourth-order valence-electron chi connectivity index (χ4n) is 0.953. The summed E-state index contributed by atoms with van der Waals surface area (Å²) in [4.78, 5) is 14.5. The van der Waals surface area contributed by atoms with Crippen molar-refractivity contribution in [3.05, 3.63) is 28.5 Å². The molecule has 0 radical (unpaired) electrons. The fourth-order valence-corrected chi connectivity index (χ4v) is 1.19. The molecule has 0 aliphatic carbocycles. The predicted octanol–water partition coefficient (Wildman–Crippen LogP) is 1.60. The largest absolute Gasteiger partial charge is 0.481 e. The molecule has 76 valence electrons. The second-order valence-corrected chi connectivity index (χ2v) is 3.89. The Morgan fingerprint density at radius 2 is 2.21 bits per heavy atom. The van der Waals surface area contributed by atoms with Crippen LogP contribution in [0, 0.1) is 5.92 Å². The molecule has 0 aromatic carbocycles. The van der Waals surface area contributed by atoms with Crippen molar-refractivity contribution in [2.75, 3.05) is 0 Å². The lowest BCUT2D eigenvalue weighted by Gasteiger charge is -2.13. The van der Waals surface area contributed by atoms with Crippen molar-refractivity contribution in [2.45, 2.75) is 13.0 Å². The van der Waals surface area contributed by atoms with E-state index in [2.05, 4.69) is 20.9 Å². The van der Waals surface area contributed by atoms with Crippen LogP contribution in [0.25, 0.3) is 0 Å². The van der Waals surface area contributed by atoms with Crippen molar-refractivity contribution in [3.63, 3.8) is 0 Å². The molecule has 0 aliphatic rings. The van der Waals surface area contributed by atoms with Crippen molar-refractivity contribution in [1.29, 1.82) is 0 Å². The number of rotatable bonds is 3. The van der Waals surface area contributed by atoms with Crippen molar-refractivity contribution in [3.8, 4) is 0 Å². The minimum Gasteiger partial charge on any atom is -0.481 e. The third kappa shape index (κ3) is 2.52. The summed E-state index contributed by atoms with van der Waals surface area (Å²) in [6.45, 7) is 1.44. The molecule has 1 heterocycles. The van der Waals surface area contributed by atoms with Crippen molar-refractivity contribution in [1.82, 2.24) is 4.98 Å². The summed E-state index contributed by atoms with van der Waals surface area (Å²) in [7, 11) is 0. The van der Waals surface area contributed by atoms with Crippen molar-refractivity contribution >= 4 is 21.9 Å². The molecule has 2 N–H and O–H groups in total. The lowest BCUT2D eigenvalue weighted by molar-refractivity contribution is -0.145. The summed E-state index contributed by atoms with van der Waals surface area (Å²) >= 11 is 3.20. The first-order chi connectivity index (χ1) is 6.52. The molecule has 5 heteroatoms. The lowest BCUT2D eigenvalue weighted by Crippen LogP contribution is -2.19. The van der Waals surface area contributed by atoms with Crippen LogP contribution >= 0.6 is 15.9 Å². The monoisotopic (exact) mass is 259 g/mol. The molecule has 0 saturated carbocycles. The van der Waals surface area contributed by atoms with Gasteiger partial charge in [0.1, 0.15) is 6.10 Å². The van der Waals surface area contributed by atoms with Crippen LogP contribution in [0.1, 0.15) is 18.7 Å². The highest BCUT2D eigenvalue weighted by Gasteiger charge is 2.23. The standard InChI is InChI=1S/C9H10BrNO3/c1-5(9(13)14)8(12)7-3-2-6(10)4-11-7/h2-5,8,12H,1H3,(H,13,14). The Morgan fingerprint density at radius 1 is 1.57 bits per heavy atom. The van der Waals surface area contributed by atoms with Crippen LogP contribution in [0.2, 0.25) is 0 Å². The minimum atomic E-state index is -1.07. The van der Waals surface area contributed by atoms with Crippen LogP contribution in [0.15, 0.2) is 22.8 Å². The first kappa shape index (κ1) is 11.1. The second-order valence-electron chi connectivity index (χ2n) is 2.97. The highest BCUT2D eigenvalue weighted by Crippen LogP contribution is 2.21. The molecule has 4 nitrogen and oxygen atoms in total. The number of hydrogen-bond donors (Lipinski definition) is 2. The van der Waals surface area contributed by atoms with Gasteiger partial charge < -0.3 is 10.2 Å². The maximum atomic E-state index is 10.6. The number of carboxylic acids is 1. The van der Waals surface area contributed by atoms with E-state index in [-0.39, 0.29) is 0 Å². The number of nitrogens with zero attached hydrogens (tertiary/aromatic N) is 1. The van der Waals surface area contributed by atoms with Gasteiger partial charge in [-0.25, -0.2) is 0 Å². The predicted molar refractivity (Wildman–Crippen MR) is 53.7 cm³/mol. The zero-order valence-corrected chi connectivity index (χ0v) is 9.10. The number of aliphatic hydroxyl groups is 1. The van der Waals surface area contributed by atoms with E-state index in [1.165, 1.54) is 13.1 Å². The van der Waals surface area contributed by atoms with Crippen LogP contribution in [0.4, 0.5) is 0 Å². The van der Waals surface area contributed by atoms with E-state index in [1.807, 2.05) is 0 Å². The molecule has 2 unspecified atom stereocenters. The summed E-state index contributed by atoms with van der Waals surface area (Å²) in [6, 6.07) is 3.30. The topological polar surface area (TPSA) is 70.4 Å². The first-order valence-corrected chi connectivity index (χ1v) is 4.84. The molecule has 0 saturated heterocycles. The number of aliphatic carboxylic acids is 1. The number of aliphatic hydroxyl groups excluding tert-OH is 1. The highest BCUT2D eigenvalue weighted by molar-refractivity contribution is 9.10. The molecule has 0 aliphatic heterocycles. The summed E-state index contributed by atoms with van der Waals surface area (Å²) in [6.07, 6.45) is 0.452. The number of aromatic nitrogens is 1. The second kappa shape index (κ2) is 4.52. The van der Waals surface area contributed by atoms with Gasteiger partial charge in [0.25, 0.3) is 0 Å². The Morgan fingerprint density at radius 3 is 2.64 bits per heavy atom. The van der Waals surface area contributed by atoms with Crippen molar-refractivity contribution < 1.29 is 15.0 Å². The van der Waals surface area contributed by atoms with Gasteiger partial charge in [-0.1, -0.05) is 0 Å². The van der Waals surface area contributed by atoms with Crippen LogP contribution in [-0.2, 0) is 4.79 Å². The van der Waals surface area contributed by atoms with Crippen molar-refractivity contribution in [2.24, 2.45) is 5.92 Å². The van der Waals surface area contributed by atoms with Gasteiger partial charge in [-0.05, 0) is 35.0 Å². The normalized spacial score (nSPS) is 14.8. The van der Waals surface area contributed by atoms with Gasteiger partial charge >= 0.3 is 5.97 Å². The van der Waals surface area contributed by atoms with Gasteiger partial charge in [-0.2, -0.15) is 0 Å². The van der Waals surface area contributed by atoms with E-state index in [1.54, 1.807) is 12.1 Å². The molecule has 1 rings (SSSR count). The maximum absolute atomic E-state index is 10.6. The van der Waals surface area contributed by atoms with Gasteiger partial charge in [-0.15, -0.1) is 0 Å². The highest BCUT2D eigenvalue weighted by atomic mass is 79.9. The Hall–Kier alpha value is -0.940. The molecule has 2 atom stereocenters. The van der Waals surface area contributed by atoms with Gasteiger partial charge in [0.2, 0.25) is 0 Å². The summed E-state index contributed by atoms with van der Waals surface area (Å²) in [5.41, 5.74) is 0.364. The third-order valence-corrected chi connectivity index (χ3v) is 2.39. The Bertz CT molecular complexity index is 325. The van der Waals surface area contributed by atoms with Gasteiger partial charge in [0.15, 0.2) is 0 Å². The Balaban J connectivity index is 2.84. The zero-order chi connectivity index (χ0) is 10.7. The molecule has 14 heavy (non-hydrogen) atoms. The lowest BCUT2D eigenvalue weighted by atomic mass is 10.0. The first-order valence-electron chi connectivity index (χ1n) is 4.04. The van der Waals surface area contributed by atoms with Crippen LogP contribution in [0.5, 0.6) is 0 Å². The van der Waals surface area contributed by atoms with E-state index in [0.29, 0.717) is 5.69 Å². The van der Waals surface area contributed by atoms with Gasteiger partial charge in [0.05, 0.1) is 11.6 Å². The SMILES string of the molecule is CC(C(=O)O)C(O)c1ccc(Br)cn1. The van der Waals surface area contributed by atoms with E-state index in [9.17, 15) is 9.90 Å². The molecule has 0 bridgehead atoms. The number of halogens is 1. The average Bonchev–Trinajstić information content (AvgIpc) is 2.16. The smallest absolute Gasteiger partial charge is 0.309 e. The molecular formula is C9H10BrNO3. The number of hydrogen-bond acceptors (Lipinski definition) is 3. The summed E-state index contributed by atoms with van der Waals surface area (Å²) in [5.74, 6) is -1.90. The number of carboxylic acid groups (broad SMARTS) is 1. The number of pyridine rings is 1. The van der Waals surface area contributed by atoms with Crippen LogP contribution < -0.4 is 0 Å². The summed E-state index contributed by atoms with van der Waals surface area (Å²) < 4.78 is 0.788. The molecule has 1 aromatic rings. The fraction of sp³-hybridized carbons (Fsp3) is 0.333. The van der Waals surface area contributed by atoms with Gasteiger partial charge in [-0.3, -0.25) is 9.78 Å². The maximum Gasteiger partial charge on any atom is 0.309 e. The molecule has 1 aromatic heterocycles. The van der Waals surface area contributed by atoms with E-state index in [0.717, 1.165) is 4.47 Å². The van der Waals surface area contributed by atoms with Crippen LogP contribution in [0.3, 0.4) is 0 Å². The number of carbonyl (C=O) groups is 1. The minimum absolute atomic E-state index is 0.364. The van der Waals surface area contributed by atoms with E-state index < -0.39 is 18.0 Å². The summed E-state index contributed by atoms with van der Waals surface area (Å²) in [5, 5.41) is 18.3. The molecular weight excluding hydrogens is 250 g/mol. The third-order valence-electron chi connectivity index (χ3n) is 1.92. The van der Waals surface area contributed by atoms with Crippen LogP contribution in [-0.4, -0.2) is 21.2 Å². The molecule has 0 fully saturated rings. The molecule has 0 spiro atoms. The average molecular weight is 260 g/mol. The molecule has 0 amide bonds. The quantitative estimate of drug-likeness (QED) is 0.865. The van der Waals surface area contributed by atoms with E-state index in [4.69, 9.17) is 5.11 Å². The Labute approximate surface area is 89.7 Å². The Kier molecular flexibility index (Phi) is 3.60. The zero-order valence-electron chi connectivity index (χ0n) is 7.51. The van der Waals surface area contributed by atoms with E-state index >= 15 is 0 Å². The van der Waals surface area contributed by atoms with Gasteiger partial charge in [0, 0.05) is 10.7 Å².